The molecule has 0 radical (unpaired) electrons. The van der Waals surface area contributed by atoms with Crippen LogP contribution in [-0.4, -0.2) is 19.6 Å². The summed E-state index contributed by atoms with van der Waals surface area (Å²) in [5.74, 6) is -0.162. The van der Waals surface area contributed by atoms with Gasteiger partial charge >= 0.3 is 0 Å². The zero-order valence-corrected chi connectivity index (χ0v) is 44.8. The van der Waals surface area contributed by atoms with Crippen molar-refractivity contribution in [1.82, 2.24) is 14.5 Å². The highest BCUT2D eigenvalue weighted by atomic mass is 16.3. The molecule has 0 spiro atoms. The Kier molecular flexibility index (Phi) is 11.5. The summed E-state index contributed by atoms with van der Waals surface area (Å²) < 4.78 is 38.3. The number of hydrogen-bond acceptors (Lipinski definition) is 3. The topological polar surface area (TPSA) is 50.9 Å². The van der Waals surface area contributed by atoms with E-state index < -0.39 is 18.2 Å². The minimum atomic E-state index is -2.54. The average molecular weight is 952 g/mol. The molecule has 7 aromatic carbocycles. The van der Waals surface area contributed by atoms with Crippen LogP contribution in [0.3, 0.4) is 0 Å². The van der Waals surface area contributed by atoms with Crippen LogP contribution in [0, 0.1) is 6.85 Å². The Labute approximate surface area is 435 Å². The van der Waals surface area contributed by atoms with Crippen LogP contribution < -0.4 is 0 Å². The van der Waals surface area contributed by atoms with Crippen LogP contribution in [0.5, 0.6) is 5.75 Å². The largest absolute Gasteiger partial charge is 0.507 e. The second-order valence-corrected chi connectivity index (χ2v) is 24.1. The molecule has 72 heavy (non-hydrogen) atoms. The zero-order valence-electron chi connectivity index (χ0n) is 48.8. The summed E-state index contributed by atoms with van der Waals surface area (Å²) in [6.45, 7) is 27.3. The molecule has 0 fully saturated rings. The Morgan fingerprint density at radius 1 is 0.500 bits per heavy atom. The molecule has 0 bridgehead atoms. The van der Waals surface area contributed by atoms with Crippen molar-refractivity contribution in [2.75, 3.05) is 0 Å². The second kappa shape index (κ2) is 18.5. The fourth-order valence-corrected chi connectivity index (χ4v) is 9.63. The number of imidazole rings is 1. The normalized spacial score (nSPS) is 13.7. The number of aromatic hydroxyl groups is 1. The zero-order chi connectivity index (χ0) is 55.1. The Balaban J connectivity index is 1.33. The third-order valence-electron chi connectivity index (χ3n) is 14.1. The number of pyridine rings is 1. The number of aromatic nitrogens is 3. The summed E-state index contributed by atoms with van der Waals surface area (Å²) >= 11 is 0. The van der Waals surface area contributed by atoms with E-state index in [2.05, 4.69) is 162 Å². The van der Waals surface area contributed by atoms with Crippen molar-refractivity contribution in [1.29, 1.82) is 0 Å². The van der Waals surface area contributed by atoms with E-state index in [1.807, 2.05) is 97.4 Å². The molecular weight excluding hydrogens is 875 g/mol. The number of para-hydroxylation sites is 1. The lowest BCUT2D eigenvalue weighted by Gasteiger charge is -2.27. The van der Waals surface area contributed by atoms with Crippen molar-refractivity contribution in [3.63, 3.8) is 0 Å². The first-order chi connectivity index (χ1) is 35.4. The van der Waals surface area contributed by atoms with Crippen molar-refractivity contribution in [3.05, 3.63) is 191 Å². The minimum absolute atomic E-state index is 0.108. The summed E-state index contributed by atoms with van der Waals surface area (Å²) in [5.41, 5.74) is 15.9. The maximum atomic E-state index is 12.7. The Morgan fingerprint density at radius 2 is 1.08 bits per heavy atom. The summed E-state index contributed by atoms with van der Waals surface area (Å²) in [4.78, 5) is 10.5. The standard InChI is InChI=1S/C68H73N3O/c1-42(2)44-24-26-46(27-25-44)48-30-31-69-59(38-48)52-34-49(45-20-17-16-18-21-45)33-51(35-52)56-22-19-23-61-62(56)70-64(57-40-55(67(10,11)12)41-58(63(57)72)68(13,14)15)71(61)60-29-28-47(32-43(60)3)50-36-53(65(4,5)6)39-54(37-50)66(7,8)9/h16-42,72H,1-15H3/i3D3,42D. The molecule has 2 aromatic heterocycles. The van der Waals surface area contributed by atoms with Crippen molar-refractivity contribution < 1.29 is 10.6 Å². The van der Waals surface area contributed by atoms with Crippen molar-refractivity contribution in [2.24, 2.45) is 0 Å². The van der Waals surface area contributed by atoms with Gasteiger partial charge in [0.25, 0.3) is 0 Å². The third-order valence-corrected chi connectivity index (χ3v) is 14.1. The van der Waals surface area contributed by atoms with Crippen LogP contribution in [-0.2, 0) is 21.7 Å². The van der Waals surface area contributed by atoms with E-state index in [1.54, 1.807) is 0 Å². The lowest BCUT2D eigenvalue weighted by Crippen LogP contribution is -2.17. The Hall–Kier alpha value is -7.04. The van der Waals surface area contributed by atoms with Crippen molar-refractivity contribution >= 4 is 11.0 Å². The highest BCUT2D eigenvalue weighted by Crippen LogP contribution is 2.46. The number of phenolic OH excluding ortho intramolecular Hbond substituents is 1. The van der Waals surface area contributed by atoms with Crippen LogP contribution in [0.1, 0.15) is 142 Å². The minimum Gasteiger partial charge on any atom is -0.507 e. The molecule has 9 aromatic rings. The Morgan fingerprint density at radius 3 is 1.71 bits per heavy atom. The molecule has 1 N–H and O–H groups in total. The van der Waals surface area contributed by atoms with E-state index >= 15 is 0 Å². The van der Waals surface area contributed by atoms with E-state index in [1.165, 1.54) is 11.1 Å². The lowest BCUT2D eigenvalue weighted by atomic mass is 9.78. The second-order valence-electron chi connectivity index (χ2n) is 24.1. The van der Waals surface area contributed by atoms with Crippen LogP contribution in [0.2, 0.25) is 0 Å². The highest BCUT2D eigenvalue weighted by molar-refractivity contribution is 5.98. The highest BCUT2D eigenvalue weighted by Gasteiger charge is 2.29. The number of hydrogen-bond donors (Lipinski definition) is 1. The molecule has 0 atom stereocenters. The monoisotopic (exact) mass is 952 g/mol. The first-order valence-corrected chi connectivity index (χ1v) is 25.4. The van der Waals surface area contributed by atoms with E-state index in [4.69, 9.17) is 11.3 Å². The summed E-state index contributed by atoms with van der Waals surface area (Å²) in [6.07, 6.45) is 1.85. The van der Waals surface area contributed by atoms with Crippen LogP contribution in [0.4, 0.5) is 0 Å². The van der Waals surface area contributed by atoms with Gasteiger partial charge in [0.2, 0.25) is 0 Å². The molecule has 366 valence electrons. The van der Waals surface area contributed by atoms with E-state index in [0.717, 1.165) is 72.5 Å². The summed E-state index contributed by atoms with van der Waals surface area (Å²) in [6, 6.07) is 51.9. The fraction of sp³-hybridized carbons (Fsp3) is 0.294. The van der Waals surface area contributed by atoms with Gasteiger partial charge in [0, 0.05) is 28.4 Å². The van der Waals surface area contributed by atoms with Gasteiger partial charge in [-0.15, -0.1) is 0 Å². The molecule has 0 amide bonds. The SMILES string of the molecule is [2H]C([2H])([2H])c1cc(-c2cc(C(C)(C)C)cc(C(C)(C)C)c2)ccc1-n1c(-c2cc(C(C)(C)C)cc(C(C)(C)C)c2O)nc2c(-c3cc(-c4ccccc4)cc(-c4cc(-c5ccc(C([2H])(C)C)cc5)ccn4)c3)cccc21. The van der Waals surface area contributed by atoms with Gasteiger partial charge in [-0.25, -0.2) is 4.98 Å². The Bertz CT molecular complexity index is 3610. The van der Waals surface area contributed by atoms with E-state index in [9.17, 15) is 9.22 Å². The van der Waals surface area contributed by atoms with Gasteiger partial charge in [0.1, 0.15) is 11.6 Å². The number of rotatable bonds is 8. The third kappa shape index (κ3) is 9.94. The van der Waals surface area contributed by atoms with Crippen molar-refractivity contribution in [3.8, 4) is 78.6 Å². The first-order valence-electron chi connectivity index (χ1n) is 27.4. The molecule has 0 aliphatic rings. The number of fused-ring (bicyclic) bond motifs is 1. The van der Waals surface area contributed by atoms with Gasteiger partial charge in [0.05, 0.1) is 28.0 Å². The van der Waals surface area contributed by atoms with E-state index in [-0.39, 0.29) is 27.6 Å². The summed E-state index contributed by atoms with van der Waals surface area (Å²) in [5, 5.41) is 12.7. The first kappa shape index (κ1) is 44.9. The van der Waals surface area contributed by atoms with Gasteiger partial charge in [0.15, 0.2) is 0 Å². The maximum absolute atomic E-state index is 12.7. The summed E-state index contributed by atoms with van der Waals surface area (Å²) in [7, 11) is 0. The van der Waals surface area contributed by atoms with Crippen LogP contribution in [0.25, 0.3) is 83.9 Å². The lowest BCUT2D eigenvalue weighted by molar-refractivity contribution is 0.446. The predicted octanol–water partition coefficient (Wildman–Crippen LogP) is 18.7. The van der Waals surface area contributed by atoms with Crippen LogP contribution in [0.15, 0.2) is 158 Å². The van der Waals surface area contributed by atoms with Gasteiger partial charge in [-0.05, 0) is 156 Å². The molecular formula is C68H73N3O. The quantitative estimate of drug-likeness (QED) is 0.165. The molecule has 2 heterocycles. The van der Waals surface area contributed by atoms with Gasteiger partial charge < -0.3 is 5.11 Å². The van der Waals surface area contributed by atoms with Crippen LogP contribution >= 0.6 is 0 Å². The van der Waals surface area contributed by atoms with Crippen molar-refractivity contribution in [2.45, 2.75) is 131 Å². The van der Waals surface area contributed by atoms with Gasteiger partial charge in [-0.3, -0.25) is 9.55 Å². The molecule has 4 nitrogen and oxygen atoms in total. The van der Waals surface area contributed by atoms with E-state index in [0.29, 0.717) is 28.1 Å². The predicted molar refractivity (Wildman–Crippen MR) is 307 cm³/mol. The average Bonchev–Trinajstić information content (AvgIpc) is 3.74. The molecule has 0 aliphatic heterocycles. The number of aryl methyl sites for hydroxylation is 1. The fourth-order valence-electron chi connectivity index (χ4n) is 9.63. The van der Waals surface area contributed by atoms with Gasteiger partial charge in [-0.2, -0.15) is 0 Å². The molecule has 0 unspecified atom stereocenters. The van der Waals surface area contributed by atoms with Gasteiger partial charge in [-0.1, -0.05) is 194 Å². The molecule has 4 heteroatoms. The molecule has 0 aliphatic carbocycles. The molecule has 0 saturated carbocycles. The number of phenols is 1. The smallest absolute Gasteiger partial charge is 0.149 e. The number of nitrogens with zero attached hydrogens (tertiary/aromatic N) is 3. The molecule has 0 saturated heterocycles. The number of benzene rings is 7. The maximum Gasteiger partial charge on any atom is 0.149 e. The molecule has 9 rings (SSSR count).